The molecule has 0 aromatic heterocycles. The second kappa shape index (κ2) is 8.23. The molecule has 1 fully saturated rings. The maximum Gasteiger partial charge on any atom is 0.255 e. The van der Waals surface area contributed by atoms with Crippen molar-refractivity contribution in [1.29, 1.82) is 0 Å². The summed E-state index contributed by atoms with van der Waals surface area (Å²) >= 11 is 0. The highest BCUT2D eigenvalue weighted by molar-refractivity contribution is 5.97. The van der Waals surface area contributed by atoms with E-state index in [9.17, 15) is 4.79 Å². The van der Waals surface area contributed by atoms with Crippen LogP contribution in [-0.4, -0.2) is 44.2 Å². The van der Waals surface area contributed by atoms with Gasteiger partial charge in [0.05, 0.1) is 19.8 Å². The van der Waals surface area contributed by atoms with E-state index >= 15 is 0 Å². The van der Waals surface area contributed by atoms with Gasteiger partial charge in [-0.2, -0.15) is 0 Å². The van der Waals surface area contributed by atoms with E-state index in [1.807, 2.05) is 6.07 Å². The Bertz CT molecular complexity index is 748. The molecule has 0 aliphatic carbocycles. The van der Waals surface area contributed by atoms with Crippen molar-refractivity contribution >= 4 is 5.91 Å². The fourth-order valence-corrected chi connectivity index (χ4v) is 3.45. The quantitative estimate of drug-likeness (QED) is 0.865. The molecular formula is C21H26N2O3. The number of methoxy groups -OCH3 is 2. The van der Waals surface area contributed by atoms with Crippen LogP contribution in [0.15, 0.2) is 48.5 Å². The maximum atomic E-state index is 12.7. The zero-order valence-corrected chi connectivity index (χ0v) is 15.6. The molecule has 0 radical (unpaired) electrons. The summed E-state index contributed by atoms with van der Waals surface area (Å²) in [6, 6.07) is 16.2. The van der Waals surface area contributed by atoms with E-state index in [0.717, 1.165) is 19.5 Å². The molecule has 5 nitrogen and oxygen atoms in total. The lowest BCUT2D eigenvalue weighted by molar-refractivity contribution is 0.0933. The summed E-state index contributed by atoms with van der Waals surface area (Å²) in [5.74, 6) is 1.07. The predicted molar refractivity (Wildman–Crippen MR) is 102 cm³/mol. The Balaban J connectivity index is 1.64. The Hall–Kier alpha value is -2.53. The third kappa shape index (κ3) is 3.99. The first-order valence-corrected chi connectivity index (χ1v) is 8.94. The average Bonchev–Trinajstić information content (AvgIpc) is 3.15. The minimum atomic E-state index is -0.125. The molecule has 1 amide bonds. The summed E-state index contributed by atoms with van der Waals surface area (Å²) in [6.07, 6.45) is 0.940. The van der Waals surface area contributed by atoms with Crippen LogP contribution in [0, 0.1) is 0 Å². The fourth-order valence-electron chi connectivity index (χ4n) is 3.45. The van der Waals surface area contributed by atoms with Crippen molar-refractivity contribution in [2.75, 3.05) is 27.3 Å². The Labute approximate surface area is 154 Å². The van der Waals surface area contributed by atoms with Crippen molar-refractivity contribution in [3.8, 4) is 11.5 Å². The van der Waals surface area contributed by atoms with Gasteiger partial charge in [-0.3, -0.25) is 9.69 Å². The second-order valence-electron chi connectivity index (χ2n) is 6.61. The average molecular weight is 354 g/mol. The number of carbonyl (C=O) groups excluding carboxylic acids is 1. The maximum absolute atomic E-state index is 12.7. The topological polar surface area (TPSA) is 50.8 Å². The van der Waals surface area contributed by atoms with E-state index in [0.29, 0.717) is 23.1 Å². The molecule has 2 atom stereocenters. The molecule has 2 unspecified atom stereocenters. The number of benzene rings is 2. The van der Waals surface area contributed by atoms with Crippen LogP contribution >= 0.6 is 0 Å². The standard InChI is InChI=1S/C21H26N2O3/c1-15(16-7-5-4-6-8-16)23-12-11-17(14-23)22-21(24)19-13-18(25-2)9-10-20(19)26-3/h4-10,13,15,17H,11-12,14H2,1-3H3,(H,22,24). The van der Waals surface area contributed by atoms with Crippen molar-refractivity contribution in [2.45, 2.75) is 25.4 Å². The Morgan fingerprint density at radius 3 is 2.62 bits per heavy atom. The number of amides is 1. The molecule has 26 heavy (non-hydrogen) atoms. The van der Waals surface area contributed by atoms with Crippen LogP contribution in [0.25, 0.3) is 0 Å². The Morgan fingerprint density at radius 2 is 1.92 bits per heavy atom. The molecule has 0 saturated carbocycles. The number of rotatable bonds is 6. The van der Waals surface area contributed by atoms with Gasteiger partial charge in [-0.05, 0) is 37.1 Å². The van der Waals surface area contributed by atoms with Gasteiger partial charge < -0.3 is 14.8 Å². The monoisotopic (exact) mass is 354 g/mol. The first-order chi connectivity index (χ1) is 12.6. The van der Waals surface area contributed by atoms with E-state index in [2.05, 4.69) is 41.4 Å². The molecule has 0 spiro atoms. The Morgan fingerprint density at radius 1 is 1.15 bits per heavy atom. The highest BCUT2D eigenvalue weighted by Gasteiger charge is 2.28. The summed E-state index contributed by atoms with van der Waals surface area (Å²) in [7, 11) is 3.15. The number of likely N-dealkylation sites (tertiary alicyclic amines) is 1. The van der Waals surface area contributed by atoms with Crippen LogP contribution in [-0.2, 0) is 0 Å². The van der Waals surface area contributed by atoms with Gasteiger partial charge in [0.1, 0.15) is 11.5 Å². The lowest BCUT2D eigenvalue weighted by Gasteiger charge is -2.25. The molecule has 1 aliphatic heterocycles. The summed E-state index contributed by atoms with van der Waals surface area (Å²) < 4.78 is 10.5. The summed E-state index contributed by atoms with van der Waals surface area (Å²) in [4.78, 5) is 15.1. The molecule has 1 saturated heterocycles. The molecule has 1 heterocycles. The van der Waals surface area contributed by atoms with Gasteiger partial charge in [0.15, 0.2) is 0 Å². The van der Waals surface area contributed by atoms with E-state index in [1.165, 1.54) is 5.56 Å². The molecule has 5 heteroatoms. The van der Waals surface area contributed by atoms with Gasteiger partial charge in [-0.1, -0.05) is 30.3 Å². The first kappa shape index (κ1) is 18.3. The van der Waals surface area contributed by atoms with Crippen LogP contribution < -0.4 is 14.8 Å². The van der Waals surface area contributed by atoms with Gasteiger partial charge >= 0.3 is 0 Å². The van der Waals surface area contributed by atoms with Crippen molar-refractivity contribution in [3.63, 3.8) is 0 Å². The van der Waals surface area contributed by atoms with E-state index in [1.54, 1.807) is 32.4 Å². The minimum absolute atomic E-state index is 0.125. The molecule has 138 valence electrons. The Kier molecular flexibility index (Phi) is 5.78. The molecular weight excluding hydrogens is 328 g/mol. The van der Waals surface area contributed by atoms with Crippen molar-refractivity contribution in [2.24, 2.45) is 0 Å². The molecule has 2 aromatic carbocycles. The zero-order chi connectivity index (χ0) is 18.5. The molecule has 0 bridgehead atoms. The number of nitrogens with zero attached hydrogens (tertiary/aromatic N) is 1. The summed E-state index contributed by atoms with van der Waals surface area (Å²) in [6.45, 7) is 4.02. The lowest BCUT2D eigenvalue weighted by Crippen LogP contribution is -2.37. The van der Waals surface area contributed by atoms with E-state index in [-0.39, 0.29) is 11.9 Å². The number of hydrogen-bond donors (Lipinski definition) is 1. The minimum Gasteiger partial charge on any atom is -0.497 e. The highest BCUT2D eigenvalue weighted by atomic mass is 16.5. The van der Waals surface area contributed by atoms with Crippen molar-refractivity contribution < 1.29 is 14.3 Å². The smallest absolute Gasteiger partial charge is 0.255 e. The lowest BCUT2D eigenvalue weighted by atomic mass is 10.1. The van der Waals surface area contributed by atoms with Crippen LogP contribution in [0.1, 0.15) is 35.3 Å². The number of nitrogens with one attached hydrogen (secondary N) is 1. The number of ether oxygens (including phenoxy) is 2. The van der Waals surface area contributed by atoms with Gasteiger partial charge in [0, 0.05) is 25.2 Å². The van der Waals surface area contributed by atoms with Crippen LogP contribution in [0.2, 0.25) is 0 Å². The third-order valence-electron chi connectivity index (χ3n) is 5.04. The normalized spacial score (nSPS) is 18.3. The van der Waals surface area contributed by atoms with E-state index < -0.39 is 0 Å². The SMILES string of the molecule is COc1ccc(OC)c(C(=O)NC2CCN(C(C)c3ccccc3)C2)c1. The van der Waals surface area contributed by atoms with Crippen molar-refractivity contribution in [1.82, 2.24) is 10.2 Å². The van der Waals surface area contributed by atoms with Crippen molar-refractivity contribution in [3.05, 3.63) is 59.7 Å². The molecule has 2 aromatic rings. The van der Waals surface area contributed by atoms with Gasteiger partial charge in [-0.15, -0.1) is 0 Å². The second-order valence-corrected chi connectivity index (χ2v) is 6.61. The number of hydrogen-bond acceptors (Lipinski definition) is 4. The van der Waals surface area contributed by atoms with Gasteiger partial charge in [0.25, 0.3) is 5.91 Å². The van der Waals surface area contributed by atoms with Crippen LogP contribution in [0.4, 0.5) is 0 Å². The molecule has 1 aliphatic rings. The van der Waals surface area contributed by atoms with Gasteiger partial charge in [-0.25, -0.2) is 0 Å². The largest absolute Gasteiger partial charge is 0.497 e. The molecule has 3 rings (SSSR count). The van der Waals surface area contributed by atoms with Crippen LogP contribution in [0.5, 0.6) is 11.5 Å². The van der Waals surface area contributed by atoms with Gasteiger partial charge in [0.2, 0.25) is 0 Å². The number of carbonyl (C=O) groups is 1. The third-order valence-corrected chi connectivity index (χ3v) is 5.04. The highest BCUT2D eigenvalue weighted by Crippen LogP contribution is 2.26. The summed E-state index contributed by atoms with van der Waals surface area (Å²) in [5, 5.41) is 3.14. The van der Waals surface area contributed by atoms with E-state index in [4.69, 9.17) is 9.47 Å². The fraction of sp³-hybridized carbons (Fsp3) is 0.381. The summed E-state index contributed by atoms with van der Waals surface area (Å²) in [5.41, 5.74) is 1.80. The van der Waals surface area contributed by atoms with Crippen LogP contribution in [0.3, 0.4) is 0 Å². The first-order valence-electron chi connectivity index (χ1n) is 8.94. The zero-order valence-electron chi connectivity index (χ0n) is 15.6. The molecule has 1 N–H and O–H groups in total. The predicted octanol–water partition coefficient (Wildman–Crippen LogP) is 3.27.